The van der Waals surface area contributed by atoms with Crippen LogP contribution in [0, 0.1) is 13.8 Å². The van der Waals surface area contributed by atoms with Gasteiger partial charge in [0.05, 0.1) is 12.3 Å². The zero-order chi connectivity index (χ0) is 20.0. The van der Waals surface area contributed by atoms with Gasteiger partial charge in [-0.15, -0.1) is 0 Å². The Balaban J connectivity index is 1.73. The highest BCUT2D eigenvalue weighted by atomic mass is 16.3. The fourth-order valence-corrected chi connectivity index (χ4v) is 3.40. The third-order valence-electron chi connectivity index (χ3n) is 5.15. The molecule has 0 fully saturated rings. The number of nitrogens with two attached hydrogens (primary N) is 4. The number of furan rings is 2. The van der Waals surface area contributed by atoms with Crippen molar-refractivity contribution in [3.05, 3.63) is 70.2 Å². The number of benzene rings is 2. The Morgan fingerprint density at radius 2 is 1.07 bits per heavy atom. The molecular weight excluding hydrogens is 352 g/mol. The third kappa shape index (κ3) is 3.12. The first-order chi connectivity index (χ1) is 13.3. The van der Waals surface area contributed by atoms with Crippen molar-refractivity contribution < 1.29 is 8.83 Å². The normalized spacial score (nSPS) is 12.4. The summed E-state index contributed by atoms with van der Waals surface area (Å²) in [5.74, 6) is 1.53. The van der Waals surface area contributed by atoms with Gasteiger partial charge >= 0.3 is 0 Å². The maximum atomic E-state index is 5.98. The van der Waals surface area contributed by atoms with E-state index in [-0.39, 0.29) is 0 Å². The summed E-state index contributed by atoms with van der Waals surface area (Å²) in [6.45, 7) is 4.02. The Morgan fingerprint density at radius 3 is 1.43 bits per heavy atom. The van der Waals surface area contributed by atoms with Crippen LogP contribution < -0.4 is 22.9 Å². The zero-order valence-corrected chi connectivity index (χ0v) is 15.9. The van der Waals surface area contributed by atoms with Crippen LogP contribution in [0.3, 0.4) is 0 Å². The Bertz CT molecular complexity index is 1100. The average molecular weight is 376 g/mol. The summed E-state index contributed by atoms with van der Waals surface area (Å²) in [7, 11) is 0. The Labute approximate surface area is 162 Å². The van der Waals surface area contributed by atoms with E-state index >= 15 is 0 Å². The van der Waals surface area contributed by atoms with Gasteiger partial charge < -0.3 is 31.8 Å². The van der Waals surface area contributed by atoms with E-state index in [4.69, 9.17) is 31.8 Å². The molecule has 6 nitrogen and oxygen atoms in total. The molecule has 0 amide bonds. The molecule has 0 aliphatic heterocycles. The Morgan fingerprint density at radius 1 is 0.679 bits per heavy atom. The van der Waals surface area contributed by atoms with Gasteiger partial charge in [-0.2, -0.15) is 0 Å². The van der Waals surface area contributed by atoms with Crippen molar-refractivity contribution in [2.75, 3.05) is 0 Å². The lowest BCUT2D eigenvalue weighted by molar-refractivity contribution is 0.596. The van der Waals surface area contributed by atoms with Gasteiger partial charge in [-0.25, -0.2) is 0 Å². The van der Waals surface area contributed by atoms with Gasteiger partial charge in [-0.1, -0.05) is 12.1 Å². The number of fused-ring (bicyclic) bond motifs is 2. The Hall–Kier alpha value is -2.90. The van der Waals surface area contributed by atoms with Crippen molar-refractivity contribution in [3.8, 4) is 0 Å². The summed E-state index contributed by atoms with van der Waals surface area (Å²) in [5, 5.41) is 2.00. The molecular formula is C22H24N4O2. The van der Waals surface area contributed by atoms with Crippen molar-refractivity contribution in [3.63, 3.8) is 0 Å². The van der Waals surface area contributed by atoms with Crippen molar-refractivity contribution in [1.29, 1.82) is 0 Å². The van der Waals surface area contributed by atoms with Crippen LogP contribution in [0.25, 0.3) is 34.1 Å². The van der Waals surface area contributed by atoms with Crippen LogP contribution >= 0.6 is 0 Å². The first kappa shape index (κ1) is 18.5. The summed E-state index contributed by atoms with van der Waals surface area (Å²) in [6, 6.07) is 11.5. The molecule has 0 bridgehead atoms. The van der Waals surface area contributed by atoms with Crippen LogP contribution in [0.4, 0.5) is 0 Å². The van der Waals surface area contributed by atoms with Crippen molar-refractivity contribution in [1.82, 2.24) is 0 Å². The summed E-state index contributed by atoms with van der Waals surface area (Å²) >= 11 is 0. The molecule has 2 heterocycles. The van der Waals surface area contributed by atoms with Gasteiger partial charge in [0.2, 0.25) is 0 Å². The van der Waals surface area contributed by atoms with Crippen molar-refractivity contribution >= 4 is 34.1 Å². The maximum Gasteiger partial charge on any atom is 0.135 e. The molecule has 2 aromatic carbocycles. The molecule has 0 aliphatic carbocycles. The van der Waals surface area contributed by atoms with E-state index in [1.807, 2.05) is 62.4 Å². The minimum atomic E-state index is -0.512. The first-order valence-electron chi connectivity index (χ1n) is 9.11. The lowest BCUT2D eigenvalue weighted by Crippen LogP contribution is -2.19. The minimum Gasteiger partial charge on any atom is -0.456 e. The smallest absolute Gasteiger partial charge is 0.135 e. The Kier molecular flexibility index (Phi) is 4.56. The topological polar surface area (TPSA) is 130 Å². The largest absolute Gasteiger partial charge is 0.456 e. The second-order valence-corrected chi connectivity index (χ2v) is 7.08. The third-order valence-corrected chi connectivity index (χ3v) is 5.15. The number of hydrogen-bond acceptors (Lipinski definition) is 6. The van der Waals surface area contributed by atoms with E-state index in [1.54, 1.807) is 0 Å². The molecule has 0 spiro atoms. The molecule has 4 aromatic rings. The second-order valence-electron chi connectivity index (χ2n) is 7.08. The molecule has 8 N–H and O–H groups in total. The van der Waals surface area contributed by atoms with E-state index in [1.165, 1.54) is 0 Å². The van der Waals surface area contributed by atoms with Crippen LogP contribution in [-0.4, -0.2) is 0 Å². The summed E-state index contributed by atoms with van der Waals surface area (Å²) in [6.07, 6.45) is 2.81. The quantitative estimate of drug-likeness (QED) is 0.401. The second kappa shape index (κ2) is 6.92. The molecule has 144 valence electrons. The SMILES string of the molecule is Cc1c(/C=C/c2oc3ccc(C(N)N)cc3c2C)oc2ccc(C(N)N)cc12. The van der Waals surface area contributed by atoms with Crippen LogP contribution in [0.5, 0.6) is 0 Å². The predicted octanol–water partition coefficient (Wildman–Crippen LogP) is 3.80. The highest BCUT2D eigenvalue weighted by Gasteiger charge is 2.13. The van der Waals surface area contributed by atoms with E-state index in [9.17, 15) is 0 Å². The summed E-state index contributed by atoms with van der Waals surface area (Å²) < 4.78 is 12.0. The van der Waals surface area contributed by atoms with Crippen molar-refractivity contribution in [2.45, 2.75) is 26.2 Å². The van der Waals surface area contributed by atoms with Crippen LogP contribution in [-0.2, 0) is 0 Å². The molecule has 2 aromatic heterocycles. The molecule has 6 heteroatoms. The molecule has 0 saturated heterocycles. The maximum absolute atomic E-state index is 5.98. The summed E-state index contributed by atoms with van der Waals surface area (Å²) in [4.78, 5) is 0. The van der Waals surface area contributed by atoms with Gasteiger partial charge in [-0.3, -0.25) is 0 Å². The van der Waals surface area contributed by atoms with E-state index < -0.39 is 12.3 Å². The fraction of sp³-hybridized carbons (Fsp3) is 0.182. The molecule has 0 atom stereocenters. The van der Waals surface area contributed by atoms with Gasteiger partial charge in [0, 0.05) is 21.9 Å². The van der Waals surface area contributed by atoms with Gasteiger partial charge in [0.15, 0.2) is 0 Å². The van der Waals surface area contributed by atoms with Gasteiger partial charge in [0.1, 0.15) is 22.7 Å². The number of rotatable bonds is 4. The van der Waals surface area contributed by atoms with Crippen LogP contribution in [0.1, 0.15) is 46.1 Å². The van der Waals surface area contributed by atoms with Crippen LogP contribution in [0.2, 0.25) is 0 Å². The predicted molar refractivity (Wildman–Crippen MR) is 113 cm³/mol. The molecule has 0 unspecified atom stereocenters. The lowest BCUT2D eigenvalue weighted by Gasteiger charge is -2.04. The van der Waals surface area contributed by atoms with Gasteiger partial charge in [0.25, 0.3) is 0 Å². The van der Waals surface area contributed by atoms with E-state index in [0.717, 1.165) is 55.7 Å². The highest BCUT2D eigenvalue weighted by molar-refractivity contribution is 5.89. The molecule has 28 heavy (non-hydrogen) atoms. The molecule has 0 radical (unpaired) electrons. The highest BCUT2D eigenvalue weighted by Crippen LogP contribution is 2.31. The number of aryl methyl sites for hydroxylation is 2. The van der Waals surface area contributed by atoms with Gasteiger partial charge in [-0.05, 0) is 61.4 Å². The standard InChI is InChI=1S/C22H24N4O2/c1-11-15-9-13(21(23)24)3-5-19(15)27-17(11)7-8-18-12(2)16-10-14(22(25)26)4-6-20(16)28-18/h3-10,21-22H,23-26H2,1-2H3/b8-7+. The average Bonchev–Trinajstić information content (AvgIpc) is 3.16. The fourth-order valence-electron chi connectivity index (χ4n) is 3.40. The molecule has 0 saturated carbocycles. The molecule has 4 rings (SSSR count). The lowest BCUT2D eigenvalue weighted by atomic mass is 10.1. The summed E-state index contributed by atoms with van der Waals surface area (Å²) in [5.41, 5.74) is 28.5. The zero-order valence-electron chi connectivity index (χ0n) is 15.9. The number of hydrogen-bond donors (Lipinski definition) is 4. The van der Waals surface area contributed by atoms with E-state index in [0.29, 0.717) is 0 Å². The van der Waals surface area contributed by atoms with Crippen molar-refractivity contribution in [2.24, 2.45) is 22.9 Å². The van der Waals surface area contributed by atoms with E-state index in [2.05, 4.69) is 0 Å². The first-order valence-corrected chi connectivity index (χ1v) is 9.11. The molecule has 0 aliphatic rings. The minimum absolute atomic E-state index is 0.512. The van der Waals surface area contributed by atoms with Crippen LogP contribution in [0.15, 0.2) is 45.2 Å². The monoisotopic (exact) mass is 376 g/mol.